The third-order valence-corrected chi connectivity index (χ3v) is 3.56. The number of carbonyl (C=O) groups excluding carboxylic acids is 1. The average Bonchev–Trinajstić information content (AvgIpc) is 2.83. The fraction of sp³-hybridized carbons (Fsp3) is 0.533. The van der Waals surface area contributed by atoms with Crippen LogP contribution in [0.15, 0.2) is 24.3 Å². The summed E-state index contributed by atoms with van der Waals surface area (Å²) in [5.41, 5.74) is 6.53. The maximum atomic E-state index is 12.0. The van der Waals surface area contributed by atoms with Crippen LogP contribution < -0.4 is 15.8 Å². The maximum Gasteiger partial charge on any atom is 0.251 e. The highest BCUT2D eigenvalue weighted by molar-refractivity contribution is 5.94. The van der Waals surface area contributed by atoms with Crippen LogP contribution in [0.5, 0.6) is 5.75 Å². The first-order valence-electron chi connectivity index (χ1n) is 6.95. The molecule has 1 fully saturated rings. The van der Waals surface area contributed by atoms with Crippen molar-refractivity contribution in [1.29, 1.82) is 0 Å². The number of rotatable bonds is 5. The van der Waals surface area contributed by atoms with E-state index in [1.54, 1.807) is 12.1 Å². The van der Waals surface area contributed by atoms with Crippen LogP contribution in [0.2, 0.25) is 0 Å². The number of nitrogens with two attached hydrogens (primary N) is 1. The van der Waals surface area contributed by atoms with Gasteiger partial charge in [-0.15, -0.1) is 0 Å². The van der Waals surface area contributed by atoms with Gasteiger partial charge in [-0.05, 0) is 56.4 Å². The number of hydrogen-bond acceptors (Lipinski definition) is 3. The van der Waals surface area contributed by atoms with Crippen LogP contribution in [-0.4, -0.2) is 25.1 Å². The van der Waals surface area contributed by atoms with Gasteiger partial charge in [0.05, 0.1) is 6.61 Å². The Balaban J connectivity index is 1.82. The quantitative estimate of drug-likeness (QED) is 0.852. The molecule has 0 bridgehead atoms. The molecular weight excluding hydrogens is 240 g/mol. The Morgan fingerprint density at radius 2 is 2.11 bits per heavy atom. The molecule has 0 spiro atoms. The van der Waals surface area contributed by atoms with Crippen LogP contribution in [-0.2, 0) is 0 Å². The zero-order valence-electron chi connectivity index (χ0n) is 11.4. The van der Waals surface area contributed by atoms with Crippen molar-refractivity contribution in [3.8, 4) is 5.75 Å². The van der Waals surface area contributed by atoms with Gasteiger partial charge < -0.3 is 15.8 Å². The van der Waals surface area contributed by atoms with Gasteiger partial charge in [0.15, 0.2) is 0 Å². The Kier molecular flexibility index (Phi) is 4.80. The van der Waals surface area contributed by atoms with Crippen molar-refractivity contribution >= 4 is 5.91 Å². The van der Waals surface area contributed by atoms with Gasteiger partial charge in [-0.25, -0.2) is 0 Å². The summed E-state index contributed by atoms with van der Waals surface area (Å²) in [4.78, 5) is 12.0. The number of hydrogen-bond donors (Lipinski definition) is 2. The monoisotopic (exact) mass is 262 g/mol. The lowest BCUT2D eigenvalue weighted by Crippen LogP contribution is -2.29. The first kappa shape index (κ1) is 13.9. The fourth-order valence-corrected chi connectivity index (χ4v) is 2.51. The lowest BCUT2D eigenvalue weighted by Gasteiger charge is -2.11. The molecule has 1 saturated carbocycles. The molecule has 1 aliphatic rings. The van der Waals surface area contributed by atoms with Crippen LogP contribution in [0, 0.1) is 5.92 Å². The van der Waals surface area contributed by atoms with Crippen molar-refractivity contribution in [1.82, 2.24) is 5.32 Å². The summed E-state index contributed by atoms with van der Waals surface area (Å²) in [6, 6.07) is 7.54. The maximum absolute atomic E-state index is 12.0. The fourth-order valence-electron chi connectivity index (χ4n) is 2.51. The van der Waals surface area contributed by atoms with Gasteiger partial charge in [0.2, 0.25) is 0 Å². The number of ether oxygens (including phenoxy) is 1. The van der Waals surface area contributed by atoms with Gasteiger partial charge in [0, 0.05) is 18.2 Å². The zero-order chi connectivity index (χ0) is 13.7. The first-order valence-corrected chi connectivity index (χ1v) is 6.95. The molecular formula is C15H22N2O2. The van der Waals surface area contributed by atoms with Gasteiger partial charge >= 0.3 is 0 Å². The number of benzene rings is 1. The molecule has 1 amide bonds. The van der Waals surface area contributed by atoms with E-state index in [-0.39, 0.29) is 5.91 Å². The first-order chi connectivity index (χ1) is 9.19. The van der Waals surface area contributed by atoms with Crippen molar-refractivity contribution in [2.75, 3.05) is 13.2 Å². The highest BCUT2D eigenvalue weighted by Gasteiger charge is 2.22. The zero-order valence-corrected chi connectivity index (χ0v) is 11.4. The van der Waals surface area contributed by atoms with Crippen LogP contribution in [0.1, 0.15) is 36.5 Å². The molecule has 2 atom stereocenters. The Hall–Kier alpha value is -1.55. The van der Waals surface area contributed by atoms with Crippen LogP contribution in [0.3, 0.4) is 0 Å². The third-order valence-electron chi connectivity index (χ3n) is 3.56. The molecule has 0 saturated heterocycles. The molecule has 1 aromatic rings. The molecule has 2 rings (SSSR count). The second-order valence-corrected chi connectivity index (χ2v) is 5.11. The summed E-state index contributed by atoms with van der Waals surface area (Å²) >= 11 is 0. The molecule has 1 aliphatic carbocycles. The number of carbonyl (C=O) groups is 1. The molecule has 0 heterocycles. The van der Waals surface area contributed by atoms with Gasteiger partial charge in [0.25, 0.3) is 5.91 Å². The lowest BCUT2D eigenvalue weighted by atomic mass is 10.1. The number of nitrogens with one attached hydrogen (secondary N) is 1. The van der Waals surface area contributed by atoms with E-state index in [0.717, 1.165) is 31.6 Å². The van der Waals surface area contributed by atoms with E-state index in [9.17, 15) is 4.79 Å². The predicted molar refractivity (Wildman–Crippen MR) is 75.3 cm³/mol. The van der Waals surface area contributed by atoms with Crippen LogP contribution in [0.25, 0.3) is 0 Å². The SMILES string of the molecule is CCOc1ccc(C(=O)NCC2CCC(N)C2)cc1. The van der Waals surface area contributed by atoms with E-state index in [2.05, 4.69) is 5.32 Å². The van der Waals surface area contributed by atoms with Crippen molar-refractivity contribution in [3.05, 3.63) is 29.8 Å². The molecule has 2 unspecified atom stereocenters. The predicted octanol–water partition coefficient (Wildman–Crippen LogP) is 1.94. The molecule has 1 aromatic carbocycles. The molecule has 0 radical (unpaired) electrons. The van der Waals surface area contributed by atoms with Crippen LogP contribution in [0.4, 0.5) is 0 Å². The molecule has 3 N–H and O–H groups in total. The second-order valence-electron chi connectivity index (χ2n) is 5.11. The highest BCUT2D eigenvalue weighted by Crippen LogP contribution is 2.23. The van der Waals surface area contributed by atoms with Crippen molar-refractivity contribution in [3.63, 3.8) is 0 Å². The summed E-state index contributed by atoms with van der Waals surface area (Å²) in [6.07, 6.45) is 3.21. The van der Waals surface area contributed by atoms with E-state index in [1.807, 2.05) is 19.1 Å². The summed E-state index contributed by atoms with van der Waals surface area (Å²) < 4.78 is 5.35. The molecule has 0 aliphatic heterocycles. The smallest absolute Gasteiger partial charge is 0.251 e. The minimum atomic E-state index is -0.0245. The molecule has 19 heavy (non-hydrogen) atoms. The van der Waals surface area contributed by atoms with Crippen molar-refractivity contribution < 1.29 is 9.53 Å². The van der Waals surface area contributed by atoms with E-state index in [0.29, 0.717) is 24.1 Å². The molecule has 0 aromatic heterocycles. The minimum absolute atomic E-state index is 0.0245. The van der Waals surface area contributed by atoms with E-state index < -0.39 is 0 Å². The Morgan fingerprint density at radius 3 is 2.68 bits per heavy atom. The van der Waals surface area contributed by atoms with E-state index >= 15 is 0 Å². The van der Waals surface area contributed by atoms with Crippen molar-refractivity contribution in [2.24, 2.45) is 11.7 Å². The Bertz CT molecular complexity index is 417. The standard InChI is InChI=1S/C15H22N2O2/c1-2-19-14-7-4-12(5-8-14)15(18)17-10-11-3-6-13(16)9-11/h4-5,7-8,11,13H,2-3,6,9-10,16H2,1H3,(H,17,18). The van der Waals surface area contributed by atoms with Crippen LogP contribution >= 0.6 is 0 Å². The van der Waals surface area contributed by atoms with Gasteiger partial charge in [-0.1, -0.05) is 0 Å². The molecule has 4 heteroatoms. The topological polar surface area (TPSA) is 64.3 Å². The molecule has 4 nitrogen and oxygen atoms in total. The second kappa shape index (κ2) is 6.57. The van der Waals surface area contributed by atoms with Crippen molar-refractivity contribution in [2.45, 2.75) is 32.2 Å². The Labute approximate surface area is 114 Å². The number of amides is 1. The molecule has 104 valence electrons. The summed E-state index contributed by atoms with van der Waals surface area (Å²) in [5.74, 6) is 1.30. The van der Waals surface area contributed by atoms with E-state index in [1.165, 1.54) is 0 Å². The normalized spacial score (nSPS) is 22.2. The third kappa shape index (κ3) is 3.96. The van der Waals surface area contributed by atoms with E-state index in [4.69, 9.17) is 10.5 Å². The average molecular weight is 262 g/mol. The summed E-state index contributed by atoms with van der Waals surface area (Å²) in [6.45, 7) is 3.29. The largest absolute Gasteiger partial charge is 0.494 e. The summed E-state index contributed by atoms with van der Waals surface area (Å²) in [7, 11) is 0. The van der Waals surface area contributed by atoms with Gasteiger partial charge in [-0.3, -0.25) is 4.79 Å². The minimum Gasteiger partial charge on any atom is -0.494 e. The van der Waals surface area contributed by atoms with Gasteiger partial charge in [0.1, 0.15) is 5.75 Å². The highest BCUT2D eigenvalue weighted by atomic mass is 16.5. The van der Waals surface area contributed by atoms with Gasteiger partial charge in [-0.2, -0.15) is 0 Å². The Morgan fingerprint density at radius 1 is 1.37 bits per heavy atom. The lowest BCUT2D eigenvalue weighted by molar-refractivity contribution is 0.0947. The summed E-state index contributed by atoms with van der Waals surface area (Å²) in [5, 5.41) is 2.98.